The van der Waals surface area contributed by atoms with Crippen molar-refractivity contribution in [2.75, 3.05) is 5.73 Å². The van der Waals surface area contributed by atoms with Crippen molar-refractivity contribution in [1.29, 1.82) is 0 Å². The van der Waals surface area contributed by atoms with Crippen LogP contribution in [0.25, 0.3) is 11.3 Å². The third kappa shape index (κ3) is 2.71. The molecule has 0 bridgehead atoms. The van der Waals surface area contributed by atoms with Gasteiger partial charge in [0.05, 0.1) is 0 Å². The fraction of sp³-hybridized carbons (Fsp3) is 0.308. The molecule has 0 atom stereocenters. The summed E-state index contributed by atoms with van der Waals surface area (Å²) in [7, 11) is 0. The summed E-state index contributed by atoms with van der Waals surface area (Å²) in [4.78, 5) is 4.66. The molecule has 2 nitrogen and oxygen atoms in total. The van der Waals surface area contributed by atoms with Gasteiger partial charge in [-0.15, -0.1) is 11.3 Å². The highest BCUT2D eigenvalue weighted by atomic mass is 79.9. The van der Waals surface area contributed by atoms with Gasteiger partial charge in [0.2, 0.25) is 0 Å². The minimum atomic E-state index is 0.00207. The molecule has 0 aliphatic rings. The van der Waals surface area contributed by atoms with Gasteiger partial charge in [-0.2, -0.15) is 0 Å². The number of nitrogens with zero attached hydrogens (tertiary/aromatic N) is 1. The fourth-order valence-corrected chi connectivity index (χ4v) is 3.03. The maximum atomic E-state index is 6.08. The van der Waals surface area contributed by atoms with Gasteiger partial charge in [-0.1, -0.05) is 48.3 Å². The van der Waals surface area contributed by atoms with Gasteiger partial charge < -0.3 is 5.73 Å². The van der Waals surface area contributed by atoms with Crippen LogP contribution in [0, 0.1) is 0 Å². The SMILES string of the molecule is CC(C)(C)c1nc(-c2cc(Cl)ccc2Br)c(N)s1. The van der Waals surface area contributed by atoms with Crippen molar-refractivity contribution in [1.82, 2.24) is 4.98 Å². The average Bonchev–Trinajstić information content (AvgIpc) is 2.64. The van der Waals surface area contributed by atoms with Crippen LogP contribution in [-0.4, -0.2) is 4.98 Å². The molecule has 96 valence electrons. The van der Waals surface area contributed by atoms with E-state index >= 15 is 0 Å². The van der Waals surface area contributed by atoms with Crippen molar-refractivity contribution >= 4 is 43.9 Å². The van der Waals surface area contributed by atoms with Crippen molar-refractivity contribution < 1.29 is 0 Å². The van der Waals surface area contributed by atoms with Crippen LogP contribution < -0.4 is 5.73 Å². The molecule has 0 aliphatic heterocycles. The Morgan fingerprint density at radius 2 is 2.00 bits per heavy atom. The van der Waals surface area contributed by atoms with Crippen LogP contribution in [0.15, 0.2) is 22.7 Å². The minimum absolute atomic E-state index is 0.00207. The molecule has 1 heterocycles. The van der Waals surface area contributed by atoms with Crippen molar-refractivity contribution in [3.63, 3.8) is 0 Å². The Labute approximate surface area is 124 Å². The van der Waals surface area contributed by atoms with Gasteiger partial charge in [0.15, 0.2) is 0 Å². The maximum absolute atomic E-state index is 6.08. The van der Waals surface area contributed by atoms with Gasteiger partial charge in [0, 0.05) is 20.5 Å². The van der Waals surface area contributed by atoms with Gasteiger partial charge in [0.25, 0.3) is 0 Å². The third-order valence-corrected chi connectivity index (χ3v) is 4.72. The lowest BCUT2D eigenvalue weighted by Gasteiger charge is -2.13. The molecule has 0 unspecified atom stereocenters. The molecular weight excluding hydrogens is 332 g/mol. The summed E-state index contributed by atoms with van der Waals surface area (Å²) in [5, 5.41) is 2.43. The van der Waals surface area contributed by atoms with Crippen molar-refractivity contribution in [3.05, 3.63) is 32.7 Å². The van der Waals surface area contributed by atoms with E-state index in [1.54, 1.807) is 0 Å². The normalized spacial score (nSPS) is 11.8. The molecule has 2 N–H and O–H groups in total. The third-order valence-electron chi connectivity index (χ3n) is 2.48. The number of benzene rings is 1. The summed E-state index contributed by atoms with van der Waals surface area (Å²) in [6.07, 6.45) is 0. The molecule has 0 amide bonds. The fourth-order valence-electron chi connectivity index (χ4n) is 1.52. The molecule has 0 spiro atoms. The van der Waals surface area contributed by atoms with E-state index in [9.17, 15) is 0 Å². The molecule has 1 aromatic heterocycles. The quantitative estimate of drug-likeness (QED) is 0.780. The Morgan fingerprint density at radius 3 is 2.56 bits per heavy atom. The van der Waals surface area contributed by atoms with Crippen molar-refractivity contribution in [3.8, 4) is 11.3 Å². The van der Waals surface area contributed by atoms with Crippen molar-refractivity contribution in [2.45, 2.75) is 26.2 Å². The first kappa shape index (κ1) is 13.8. The minimum Gasteiger partial charge on any atom is -0.389 e. The molecule has 0 radical (unpaired) electrons. The van der Waals surface area contributed by atoms with E-state index in [1.807, 2.05) is 18.2 Å². The summed E-state index contributed by atoms with van der Waals surface area (Å²) >= 11 is 11.1. The zero-order chi connectivity index (χ0) is 13.5. The van der Waals surface area contributed by atoms with E-state index in [2.05, 4.69) is 41.7 Å². The molecule has 5 heteroatoms. The number of aromatic nitrogens is 1. The largest absolute Gasteiger partial charge is 0.389 e. The number of nitrogens with two attached hydrogens (primary N) is 1. The van der Waals surface area contributed by atoms with Crippen LogP contribution in [0.4, 0.5) is 5.00 Å². The standard InChI is InChI=1S/C13H14BrClN2S/c1-13(2,3)12-17-10(11(16)18-12)8-6-7(15)4-5-9(8)14/h4-6H,16H2,1-3H3. The predicted molar refractivity (Wildman–Crippen MR) is 83.4 cm³/mol. The number of anilines is 1. The van der Waals surface area contributed by atoms with Crippen molar-refractivity contribution in [2.24, 2.45) is 0 Å². The first-order valence-electron chi connectivity index (χ1n) is 5.51. The molecule has 0 fully saturated rings. The number of thiazole rings is 1. The summed E-state index contributed by atoms with van der Waals surface area (Å²) in [6, 6.07) is 5.62. The molecule has 1 aromatic carbocycles. The van der Waals surface area contributed by atoms with Crippen LogP contribution in [-0.2, 0) is 5.41 Å². The molecular formula is C13H14BrClN2S. The highest BCUT2D eigenvalue weighted by molar-refractivity contribution is 9.10. The van der Waals surface area contributed by atoms with Gasteiger partial charge in [-0.05, 0) is 18.2 Å². The second kappa shape index (κ2) is 4.83. The summed E-state index contributed by atoms with van der Waals surface area (Å²) < 4.78 is 0.948. The van der Waals surface area contributed by atoms with E-state index in [4.69, 9.17) is 17.3 Å². The number of rotatable bonds is 1. The average molecular weight is 346 g/mol. The summed E-state index contributed by atoms with van der Waals surface area (Å²) in [5.41, 5.74) is 7.82. The molecule has 0 aliphatic carbocycles. The number of hydrogen-bond acceptors (Lipinski definition) is 3. The predicted octanol–water partition coefficient (Wildman–Crippen LogP) is 5.11. The van der Waals surface area contributed by atoms with Crippen LogP contribution in [0.3, 0.4) is 0 Å². The smallest absolute Gasteiger partial charge is 0.114 e. The monoisotopic (exact) mass is 344 g/mol. The van der Waals surface area contributed by atoms with E-state index in [-0.39, 0.29) is 5.41 Å². The van der Waals surface area contributed by atoms with Crippen LogP contribution >= 0.6 is 38.9 Å². The second-order valence-electron chi connectivity index (χ2n) is 5.11. The van der Waals surface area contributed by atoms with E-state index in [0.717, 1.165) is 25.7 Å². The zero-order valence-corrected chi connectivity index (χ0v) is 13.6. The lowest BCUT2D eigenvalue weighted by Crippen LogP contribution is -2.10. The summed E-state index contributed by atoms with van der Waals surface area (Å²) in [5.74, 6) is 0. The highest BCUT2D eigenvalue weighted by Gasteiger charge is 2.22. The van der Waals surface area contributed by atoms with Crippen LogP contribution in [0.2, 0.25) is 5.02 Å². The molecule has 0 saturated heterocycles. The summed E-state index contributed by atoms with van der Waals surface area (Å²) in [6.45, 7) is 6.38. The van der Waals surface area contributed by atoms with E-state index < -0.39 is 0 Å². The highest BCUT2D eigenvalue weighted by Crippen LogP contribution is 2.39. The number of halogens is 2. The van der Waals surface area contributed by atoms with Gasteiger partial charge in [-0.25, -0.2) is 4.98 Å². The molecule has 0 saturated carbocycles. The van der Waals surface area contributed by atoms with Gasteiger partial charge >= 0.3 is 0 Å². The first-order chi connectivity index (χ1) is 8.29. The van der Waals surface area contributed by atoms with E-state index in [0.29, 0.717) is 5.02 Å². The Bertz CT molecular complexity index is 587. The van der Waals surface area contributed by atoms with Gasteiger partial charge in [-0.3, -0.25) is 0 Å². The topological polar surface area (TPSA) is 38.9 Å². The van der Waals surface area contributed by atoms with Crippen LogP contribution in [0.1, 0.15) is 25.8 Å². The molecule has 18 heavy (non-hydrogen) atoms. The lowest BCUT2D eigenvalue weighted by atomic mass is 9.98. The van der Waals surface area contributed by atoms with E-state index in [1.165, 1.54) is 11.3 Å². The van der Waals surface area contributed by atoms with Crippen LogP contribution in [0.5, 0.6) is 0 Å². The Morgan fingerprint density at radius 1 is 1.33 bits per heavy atom. The van der Waals surface area contributed by atoms with Gasteiger partial charge in [0.1, 0.15) is 15.7 Å². The molecule has 2 rings (SSSR count). The number of nitrogen functional groups attached to an aromatic ring is 1. The molecule has 2 aromatic rings. The zero-order valence-electron chi connectivity index (χ0n) is 10.4. The Kier molecular flexibility index (Phi) is 3.72. The maximum Gasteiger partial charge on any atom is 0.114 e. The number of hydrogen-bond donors (Lipinski definition) is 1. The first-order valence-corrected chi connectivity index (χ1v) is 7.50. The Hall–Kier alpha value is -0.580. The Balaban J connectivity index is 2.58. The lowest BCUT2D eigenvalue weighted by molar-refractivity contribution is 0.586. The second-order valence-corrected chi connectivity index (χ2v) is 7.43.